The number of para-hydroxylation sites is 2. The predicted molar refractivity (Wildman–Crippen MR) is 152 cm³/mol. The molecule has 0 saturated carbocycles. The van der Waals surface area contributed by atoms with Crippen LogP contribution in [0.2, 0.25) is 5.02 Å². The van der Waals surface area contributed by atoms with Crippen molar-refractivity contribution in [2.24, 2.45) is 0 Å². The number of nitrogens with zero attached hydrogens (tertiary/aromatic N) is 4. The van der Waals surface area contributed by atoms with E-state index in [0.717, 1.165) is 16.0 Å². The highest BCUT2D eigenvalue weighted by Gasteiger charge is 2.36. The van der Waals surface area contributed by atoms with Gasteiger partial charge < -0.3 is 4.42 Å². The summed E-state index contributed by atoms with van der Waals surface area (Å²) in [5, 5.41) is 16.0. The van der Waals surface area contributed by atoms with Gasteiger partial charge in [-0.15, -0.1) is 0 Å². The quantitative estimate of drug-likeness (QED) is 0.181. The molecular formula is C32H21ClN4O3. The number of furan rings is 1. The fourth-order valence-corrected chi connectivity index (χ4v) is 4.92. The van der Waals surface area contributed by atoms with Crippen LogP contribution in [-0.2, 0) is 16.1 Å². The summed E-state index contributed by atoms with van der Waals surface area (Å²) in [7, 11) is 0. The summed E-state index contributed by atoms with van der Waals surface area (Å²) < 4.78 is 7.83. The first-order valence-electron chi connectivity index (χ1n) is 12.5. The lowest BCUT2D eigenvalue weighted by Crippen LogP contribution is -2.42. The molecule has 0 aliphatic carbocycles. The number of hydrogen-bond donors (Lipinski definition) is 0. The molecule has 0 N–H and O–H groups in total. The van der Waals surface area contributed by atoms with Gasteiger partial charge in [-0.05, 0) is 54.5 Å². The summed E-state index contributed by atoms with van der Waals surface area (Å²) in [4.78, 5) is 28.0. The monoisotopic (exact) mass is 544 g/mol. The summed E-state index contributed by atoms with van der Waals surface area (Å²) in [6.07, 6.45) is 3.46. The highest BCUT2D eigenvalue weighted by atomic mass is 35.5. The van der Waals surface area contributed by atoms with Crippen LogP contribution in [0.1, 0.15) is 18.1 Å². The van der Waals surface area contributed by atoms with Crippen LogP contribution >= 0.6 is 11.6 Å². The third kappa shape index (κ3) is 4.41. The Labute approximate surface area is 234 Å². The van der Waals surface area contributed by atoms with Gasteiger partial charge in [-0.3, -0.25) is 14.5 Å². The molecule has 7 nitrogen and oxygen atoms in total. The zero-order chi connectivity index (χ0) is 27.8. The average Bonchev–Trinajstić information content (AvgIpc) is 3.59. The number of rotatable bonds is 5. The van der Waals surface area contributed by atoms with E-state index in [2.05, 4.69) is 0 Å². The Bertz CT molecular complexity index is 1870. The normalized spacial score (nSPS) is 14.8. The molecule has 0 radical (unpaired) electrons. The van der Waals surface area contributed by atoms with Gasteiger partial charge in [0, 0.05) is 27.7 Å². The van der Waals surface area contributed by atoms with Crippen LogP contribution in [-0.4, -0.2) is 26.5 Å². The third-order valence-corrected chi connectivity index (χ3v) is 7.20. The van der Waals surface area contributed by atoms with E-state index in [9.17, 15) is 14.9 Å². The molecule has 3 aromatic carbocycles. The summed E-state index contributed by atoms with van der Waals surface area (Å²) in [6.45, 7) is 1.54. The molecule has 0 saturated heterocycles. The number of benzene rings is 3. The molecule has 5 aromatic rings. The van der Waals surface area contributed by atoms with Crippen LogP contribution < -0.4 is 0 Å². The Morgan fingerprint density at radius 2 is 1.70 bits per heavy atom. The lowest BCUT2D eigenvalue weighted by atomic mass is 9.93. The van der Waals surface area contributed by atoms with Crippen LogP contribution in [0, 0.1) is 11.3 Å². The van der Waals surface area contributed by atoms with Crippen molar-refractivity contribution in [2.75, 3.05) is 0 Å². The highest BCUT2D eigenvalue weighted by molar-refractivity contribution is 6.31. The van der Waals surface area contributed by atoms with Gasteiger partial charge in [0.2, 0.25) is 0 Å². The molecule has 2 aromatic heterocycles. The van der Waals surface area contributed by atoms with Gasteiger partial charge in [-0.25, -0.2) is 4.68 Å². The summed E-state index contributed by atoms with van der Waals surface area (Å²) in [5.41, 5.74) is 3.65. The first-order chi connectivity index (χ1) is 19.4. The zero-order valence-electron chi connectivity index (χ0n) is 21.3. The smallest absolute Gasteiger partial charge is 0.271 e. The maximum atomic E-state index is 13.8. The number of hydrogen-bond acceptors (Lipinski definition) is 5. The average molecular weight is 545 g/mol. The lowest BCUT2D eigenvalue weighted by molar-refractivity contribution is -0.141. The van der Waals surface area contributed by atoms with Crippen LogP contribution in [0.5, 0.6) is 0 Å². The Morgan fingerprint density at radius 1 is 0.975 bits per heavy atom. The van der Waals surface area contributed by atoms with Crippen LogP contribution in [0.4, 0.5) is 0 Å². The van der Waals surface area contributed by atoms with Crippen molar-refractivity contribution in [3.05, 3.63) is 124 Å². The van der Waals surface area contributed by atoms with Crippen molar-refractivity contribution in [3.8, 4) is 23.2 Å². The molecule has 0 bridgehead atoms. The first kappa shape index (κ1) is 25.1. The van der Waals surface area contributed by atoms with E-state index in [4.69, 9.17) is 21.1 Å². The zero-order valence-corrected chi connectivity index (χ0v) is 22.1. The minimum Gasteiger partial charge on any atom is -0.454 e. The molecule has 1 aliphatic heterocycles. The van der Waals surface area contributed by atoms with E-state index in [-0.39, 0.29) is 17.7 Å². The molecule has 3 heterocycles. The molecule has 0 unspecified atom stereocenters. The lowest BCUT2D eigenvalue weighted by Gasteiger charge is -2.27. The molecule has 0 atom stereocenters. The number of fused-ring (bicyclic) bond motifs is 1. The third-order valence-electron chi connectivity index (χ3n) is 6.83. The van der Waals surface area contributed by atoms with Crippen molar-refractivity contribution < 1.29 is 14.0 Å². The van der Waals surface area contributed by atoms with Crippen molar-refractivity contribution in [3.63, 3.8) is 0 Å². The molecule has 8 heteroatoms. The van der Waals surface area contributed by atoms with Gasteiger partial charge in [0.05, 0.1) is 12.2 Å². The van der Waals surface area contributed by atoms with E-state index >= 15 is 0 Å². The molecule has 2 amide bonds. The number of aromatic nitrogens is 2. The summed E-state index contributed by atoms with van der Waals surface area (Å²) >= 11 is 6.32. The summed E-state index contributed by atoms with van der Waals surface area (Å²) in [6, 6.07) is 28.1. The van der Waals surface area contributed by atoms with Crippen molar-refractivity contribution in [1.29, 1.82) is 5.26 Å². The molecule has 6 rings (SSSR count). The van der Waals surface area contributed by atoms with E-state index in [1.165, 1.54) is 0 Å². The predicted octanol–water partition coefficient (Wildman–Crippen LogP) is 6.73. The fraction of sp³-hybridized carbons (Fsp3) is 0.0625. The molecule has 40 heavy (non-hydrogen) atoms. The first-order valence-corrected chi connectivity index (χ1v) is 12.9. The number of amides is 2. The van der Waals surface area contributed by atoms with Gasteiger partial charge in [-0.2, -0.15) is 10.4 Å². The van der Waals surface area contributed by atoms with Gasteiger partial charge in [0.25, 0.3) is 11.8 Å². The van der Waals surface area contributed by atoms with E-state index in [0.29, 0.717) is 38.8 Å². The second kappa shape index (κ2) is 10.2. The Hall–Kier alpha value is -5.19. The molecule has 1 aliphatic rings. The van der Waals surface area contributed by atoms with E-state index < -0.39 is 11.8 Å². The second-order valence-corrected chi connectivity index (χ2v) is 9.73. The maximum Gasteiger partial charge on any atom is 0.271 e. The van der Waals surface area contributed by atoms with Gasteiger partial charge in [0.1, 0.15) is 22.9 Å². The fourth-order valence-electron chi connectivity index (χ4n) is 4.72. The van der Waals surface area contributed by atoms with Crippen molar-refractivity contribution in [1.82, 2.24) is 14.7 Å². The largest absolute Gasteiger partial charge is 0.454 e. The summed E-state index contributed by atoms with van der Waals surface area (Å²) in [5.74, 6) is -0.652. The van der Waals surface area contributed by atoms with Gasteiger partial charge in [0.15, 0.2) is 5.76 Å². The number of carbonyl (C=O) groups is 2. The second-order valence-electron chi connectivity index (χ2n) is 9.32. The van der Waals surface area contributed by atoms with Crippen molar-refractivity contribution in [2.45, 2.75) is 13.5 Å². The topological polar surface area (TPSA) is 92.1 Å². The van der Waals surface area contributed by atoms with Crippen LogP contribution in [0.3, 0.4) is 0 Å². The van der Waals surface area contributed by atoms with Crippen LogP contribution in [0.15, 0.2) is 112 Å². The molecular weight excluding hydrogens is 524 g/mol. The van der Waals surface area contributed by atoms with Crippen molar-refractivity contribution >= 4 is 40.5 Å². The number of carbonyl (C=O) groups excluding carboxylic acids is 2. The maximum absolute atomic E-state index is 13.8. The Kier molecular flexibility index (Phi) is 6.39. The SMILES string of the molecule is CC1=C(C#N)C(=O)N(Cc2ccccc2Cl)C(=O)/C1=C/c1cn(-c2ccccc2)nc1-c1cc2ccccc2o1. The minimum atomic E-state index is -0.653. The van der Waals surface area contributed by atoms with Crippen LogP contribution in [0.25, 0.3) is 34.2 Å². The number of imide groups is 1. The number of nitriles is 1. The highest BCUT2D eigenvalue weighted by Crippen LogP contribution is 2.34. The molecule has 194 valence electrons. The van der Waals surface area contributed by atoms with E-state index in [1.54, 1.807) is 48.1 Å². The van der Waals surface area contributed by atoms with Gasteiger partial charge in [-0.1, -0.05) is 66.2 Å². The molecule has 0 fully saturated rings. The van der Waals surface area contributed by atoms with E-state index in [1.807, 2.05) is 66.7 Å². The number of halogens is 1. The van der Waals surface area contributed by atoms with Gasteiger partial charge >= 0.3 is 0 Å². The minimum absolute atomic E-state index is 0.0627. The Morgan fingerprint density at radius 3 is 2.45 bits per heavy atom. The standard InChI is InChI=1S/C32H21ClN4O3/c1-20-25(31(38)36(32(39)26(20)17-34)18-22-10-5-7-13-27(22)33)15-23-19-37(24-11-3-2-4-12-24)35-30(23)29-16-21-9-6-8-14-28(21)40-29/h2-16,19H,18H2,1H3/b25-15+. The molecule has 0 spiro atoms. The Balaban J connectivity index is 1.51.